The Bertz CT molecular complexity index is 541. The first-order valence-electron chi connectivity index (χ1n) is 7.53. The number of rotatable bonds is 10. The van der Waals surface area contributed by atoms with Crippen molar-refractivity contribution in [2.45, 2.75) is 25.7 Å². The summed E-state index contributed by atoms with van der Waals surface area (Å²) in [4.78, 5) is 33.1. The van der Waals surface area contributed by atoms with E-state index in [4.69, 9.17) is 4.74 Å². The standard InChI is InChI=1S/C17H21NO5/c1-2-23-17(20)11-7-6-10-15(13-19)16(12-18(21)22)14-8-4-3-5-9-14/h3-5,7-9,11,13,15-16H,2,6,10,12H2,1H3/b11-7+/t15-,16+/m0/s1. The summed E-state index contributed by atoms with van der Waals surface area (Å²) in [5, 5.41) is 10.9. The maximum absolute atomic E-state index is 11.4. The lowest BCUT2D eigenvalue weighted by molar-refractivity contribution is -0.484. The fourth-order valence-corrected chi connectivity index (χ4v) is 2.37. The zero-order chi connectivity index (χ0) is 17.1. The van der Waals surface area contributed by atoms with Gasteiger partial charge in [-0.05, 0) is 25.3 Å². The van der Waals surface area contributed by atoms with Crippen LogP contribution in [-0.2, 0) is 14.3 Å². The van der Waals surface area contributed by atoms with E-state index in [1.165, 1.54) is 6.08 Å². The van der Waals surface area contributed by atoms with Gasteiger partial charge in [-0.2, -0.15) is 0 Å². The zero-order valence-corrected chi connectivity index (χ0v) is 13.1. The van der Waals surface area contributed by atoms with Crippen molar-refractivity contribution < 1.29 is 19.2 Å². The van der Waals surface area contributed by atoms with Gasteiger partial charge in [0.25, 0.3) is 0 Å². The summed E-state index contributed by atoms with van der Waals surface area (Å²) in [7, 11) is 0. The van der Waals surface area contributed by atoms with Crippen LogP contribution in [0.5, 0.6) is 0 Å². The van der Waals surface area contributed by atoms with E-state index in [9.17, 15) is 19.7 Å². The first-order valence-corrected chi connectivity index (χ1v) is 7.53. The zero-order valence-electron chi connectivity index (χ0n) is 13.1. The second kappa shape index (κ2) is 10.3. The molecular formula is C17H21NO5. The van der Waals surface area contributed by atoms with Crippen LogP contribution >= 0.6 is 0 Å². The molecule has 0 saturated carbocycles. The molecule has 0 amide bonds. The summed E-state index contributed by atoms with van der Waals surface area (Å²) < 4.78 is 4.76. The Morgan fingerprint density at radius 2 is 2.04 bits per heavy atom. The molecule has 1 aromatic carbocycles. The maximum Gasteiger partial charge on any atom is 0.330 e. The van der Waals surface area contributed by atoms with Crippen LogP contribution in [0.2, 0.25) is 0 Å². The minimum Gasteiger partial charge on any atom is -0.463 e. The number of esters is 1. The molecule has 6 heteroatoms. The molecule has 0 N–H and O–H groups in total. The number of nitro groups is 1. The van der Waals surface area contributed by atoms with Crippen LogP contribution in [0.4, 0.5) is 0 Å². The summed E-state index contributed by atoms with van der Waals surface area (Å²) in [5.41, 5.74) is 0.774. The molecule has 0 spiro atoms. The van der Waals surface area contributed by atoms with Gasteiger partial charge in [0.1, 0.15) is 6.29 Å². The number of nitrogens with zero attached hydrogens (tertiary/aromatic N) is 1. The molecule has 0 heterocycles. The van der Waals surface area contributed by atoms with Gasteiger partial charge in [0.05, 0.1) is 12.5 Å². The van der Waals surface area contributed by atoms with Crippen LogP contribution in [0, 0.1) is 16.0 Å². The normalized spacial score (nSPS) is 13.4. The van der Waals surface area contributed by atoms with E-state index in [1.54, 1.807) is 37.3 Å². The lowest BCUT2D eigenvalue weighted by Crippen LogP contribution is -2.22. The Balaban J connectivity index is 2.72. The molecule has 0 aromatic heterocycles. The number of carbonyl (C=O) groups excluding carboxylic acids is 2. The third kappa shape index (κ3) is 6.86. The van der Waals surface area contributed by atoms with Crippen molar-refractivity contribution >= 4 is 12.3 Å². The van der Waals surface area contributed by atoms with Gasteiger partial charge in [0.15, 0.2) is 0 Å². The molecule has 0 fully saturated rings. The molecule has 124 valence electrons. The van der Waals surface area contributed by atoms with Crippen LogP contribution in [-0.4, -0.2) is 30.3 Å². The van der Waals surface area contributed by atoms with Crippen molar-refractivity contribution in [2.24, 2.45) is 5.92 Å². The molecule has 1 rings (SSSR count). The Morgan fingerprint density at radius 1 is 1.35 bits per heavy atom. The number of ether oxygens (including phenoxy) is 1. The number of hydrogen-bond donors (Lipinski definition) is 0. The van der Waals surface area contributed by atoms with Gasteiger partial charge in [-0.1, -0.05) is 36.4 Å². The Kier molecular flexibility index (Phi) is 8.28. The van der Waals surface area contributed by atoms with E-state index >= 15 is 0 Å². The largest absolute Gasteiger partial charge is 0.463 e. The van der Waals surface area contributed by atoms with Crippen molar-refractivity contribution in [2.75, 3.05) is 13.2 Å². The SMILES string of the molecule is CCOC(=O)/C=C/CC[C@@H](C=O)[C@H](C[N+](=O)[O-])c1ccccc1. The number of benzene rings is 1. The van der Waals surface area contributed by atoms with E-state index in [1.807, 2.05) is 6.07 Å². The molecule has 0 aliphatic carbocycles. The summed E-state index contributed by atoms with van der Waals surface area (Å²) in [6.07, 6.45) is 4.62. The molecule has 2 atom stereocenters. The minimum absolute atomic E-state index is 0.297. The fourth-order valence-electron chi connectivity index (χ4n) is 2.37. The highest BCUT2D eigenvalue weighted by Gasteiger charge is 2.27. The number of aldehydes is 1. The summed E-state index contributed by atoms with van der Waals surface area (Å²) in [6.45, 7) is 1.73. The van der Waals surface area contributed by atoms with E-state index < -0.39 is 22.7 Å². The van der Waals surface area contributed by atoms with E-state index in [-0.39, 0.29) is 6.54 Å². The Labute approximate surface area is 135 Å². The molecule has 0 unspecified atom stereocenters. The quantitative estimate of drug-likeness (QED) is 0.217. The smallest absolute Gasteiger partial charge is 0.330 e. The molecule has 6 nitrogen and oxygen atoms in total. The van der Waals surface area contributed by atoms with Gasteiger partial charge < -0.3 is 9.53 Å². The lowest BCUT2D eigenvalue weighted by Gasteiger charge is -2.19. The second-order valence-electron chi connectivity index (χ2n) is 5.06. The lowest BCUT2D eigenvalue weighted by atomic mass is 9.84. The van der Waals surface area contributed by atoms with Crippen molar-refractivity contribution in [3.05, 3.63) is 58.2 Å². The Hall–Kier alpha value is -2.50. The monoisotopic (exact) mass is 319 g/mol. The summed E-state index contributed by atoms with van der Waals surface area (Å²) >= 11 is 0. The molecule has 0 bridgehead atoms. The highest BCUT2D eigenvalue weighted by atomic mass is 16.6. The molecule has 0 aliphatic rings. The highest BCUT2D eigenvalue weighted by molar-refractivity contribution is 5.81. The van der Waals surface area contributed by atoms with Crippen molar-refractivity contribution in [3.63, 3.8) is 0 Å². The van der Waals surface area contributed by atoms with Crippen LogP contribution < -0.4 is 0 Å². The number of allylic oxidation sites excluding steroid dienone is 1. The van der Waals surface area contributed by atoms with Gasteiger partial charge in [0, 0.05) is 16.9 Å². The van der Waals surface area contributed by atoms with E-state index in [0.29, 0.717) is 19.4 Å². The van der Waals surface area contributed by atoms with E-state index in [2.05, 4.69) is 0 Å². The molecule has 23 heavy (non-hydrogen) atoms. The van der Waals surface area contributed by atoms with Gasteiger partial charge in [-0.25, -0.2) is 4.79 Å². The van der Waals surface area contributed by atoms with Crippen molar-refractivity contribution in [1.82, 2.24) is 0 Å². The molecule has 1 aromatic rings. The Morgan fingerprint density at radius 3 is 2.61 bits per heavy atom. The average molecular weight is 319 g/mol. The van der Waals surface area contributed by atoms with Crippen LogP contribution in [0.3, 0.4) is 0 Å². The third-order valence-corrected chi connectivity index (χ3v) is 3.47. The first-order chi connectivity index (χ1) is 11.1. The maximum atomic E-state index is 11.4. The molecule has 0 aliphatic heterocycles. The molecule has 0 saturated heterocycles. The summed E-state index contributed by atoms with van der Waals surface area (Å²) in [6, 6.07) is 9.00. The third-order valence-electron chi connectivity index (χ3n) is 3.47. The highest BCUT2D eigenvalue weighted by Crippen LogP contribution is 2.27. The van der Waals surface area contributed by atoms with Crippen molar-refractivity contribution in [1.29, 1.82) is 0 Å². The predicted molar refractivity (Wildman–Crippen MR) is 85.6 cm³/mol. The van der Waals surface area contributed by atoms with Gasteiger partial charge >= 0.3 is 5.97 Å². The second-order valence-corrected chi connectivity index (χ2v) is 5.06. The number of carbonyl (C=O) groups is 2. The first kappa shape index (κ1) is 18.5. The van der Waals surface area contributed by atoms with Gasteiger partial charge in [-0.15, -0.1) is 0 Å². The van der Waals surface area contributed by atoms with Crippen LogP contribution in [0.15, 0.2) is 42.5 Å². The molecular weight excluding hydrogens is 298 g/mol. The predicted octanol–water partition coefficient (Wildman–Crippen LogP) is 2.76. The van der Waals surface area contributed by atoms with Crippen LogP contribution in [0.1, 0.15) is 31.2 Å². The van der Waals surface area contributed by atoms with Crippen LogP contribution in [0.25, 0.3) is 0 Å². The number of hydrogen-bond acceptors (Lipinski definition) is 5. The minimum atomic E-state index is -0.477. The van der Waals surface area contributed by atoms with Gasteiger partial charge in [0.2, 0.25) is 6.54 Å². The van der Waals surface area contributed by atoms with E-state index in [0.717, 1.165) is 11.8 Å². The topological polar surface area (TPSA) is 86.5 Å². The molecule has 0 radical (unpaired) electrons. The van der Waals surface area contributed by atoms with Gasteiger partial charge in [-0.3, -0.25) is 10.1 Å². The summed E-state index contributed by atoms with van der Waals surface area (Å²) in [5.74, 6) is -1.38. The average Bonchev–Trinajstić information content (AvgIpc) is 2.54. The fraction of sp³-hybridized carbons (Fsp3) is 0.412. The van der Waals surface area contributed by atoms with Crippen molar-refractivity contribution in [3.8, 4) is 0 Å².